The predicted molar refractivity (Wildman–Crippen MR) is 110 cm³/mol. The van der Waals surface area contributed by atoms with Crippen LogP contribution in [-0.4, -0.2) is 21.9 Å². The van der Waals surface area contributed by atoms with E-state index in [0.29, 0.717) is 21.6 Å². The molecule has 1 amide bonds. The Balaban J connectivity index is 1.52. The van der Waals surface area contributed by atoms with Crippen molar-refractivity contribution in [2.75, 3.05) is 11.1 Å². The first kappa shape index (κ1) is 20.5. The van der Waals surface area contributed by atoms with Crippen LogP contribution >= 0.6 is 35.0 Å². The average molecular weight is 438 g/mol. The topological polar surface area (TPSA) is 77.2 Å². The molecule has 0 unspecified atom stereocenters. The van der Waals surface area contributed by atoms with Gasteiger partial charge in [0.1, 0.15) is 5.75 Å². The van der Waals surface area contributed by atoms with Crippen molar-refractivity contribution in [2.45, 2.75) is 25.7 Å². The van der Waals surface area contributed by atoms with Crippen molar-refractivity contribution in [3.05, 3.63) is 63.5 Å². The number of hydrogen-bond donors (Lipinski definition) is 1. The normalized spacial score (nSPS) is 10.7. The molecule has 0 atom stereocenters. The Kier molecular flexibility index (Phi) is 6.83. The highest BCUT2D eigenvalue weighted by Gasteiger charge is 2.13. The molecule has 0 aliphatic rings. The van der Waals surface area contributed by atoms with Crippen molar-refractivity contribution in [3.63, 3.8) is 0 Å². The Hall–Kier alpha value is -2.22. The molecule has 1 aromatic heterocycles. The van der Waals surface area contributed by atoms with E-state index in [0.717, 1.165) is 28.6 Å². The highest BCUT2D eigenvalue weighted by Crippen LogP contribution is 2.30. The van der Waals surface area contributed by atoms with Crippen LogP contribution in [0.1, 0.15) is 17.0 Å². The largest absolute Gasteiger partial charge is 0.483 e. The maximum absolute atomic E-state index is 12.1. The quantitative estimate of drug-likeness (QED) is 0.505. The Morgan fingerprint density at radius 3 is 2.61 bits per heavy atom. The molecule has 6 nitrogen and oxygen atoms in total. The number of anilines is 1. The molecule has 28 heavy (non-hydrogen) atoms. The first-order chi connectivity index (χ1) is 13.4. The molecule has 2 aromatic carbocycles. The van der Waals surface area contributed by atoms with E-state index in [9.17, 15) is 4.79 Å². The van der Waals surface area contributed by atoms with E-state index >= 15 is 0 Å². The molecule has 146 valence electrons. The Bertz CT molecular complexity index is 974. The lowest BCUT2D eigenvalue weighted by Crippen LogP contribution is -2.14. The Morgan fingerprint density at radius 1 is 1.14 bits per heavy atom. The number of halogens is 2. The molecule has 0 radical (unpaired) electrons. The number of carbonyl (C=O) groups is 1. The van der Waals surface area contributed by atoms with Gasteiger partial charge in [0.2, 0.25) is 5.91 Å². The average Bonchev–Trinajstić information content (AvgIpc) is 3.11. The van der Waals surface area contributed by atoms with Gasteiger partial charge in [0, 0.05) is 0 Å². The lowest BCUT2D eigenvalue weighted by molar-refractivity contribution is -0.113. The molecule has 3 aromatic rings. The number of aromatic nitrogens is 2. The van der Waals surface area contributed by atoms with E-state index < -0.39 is 0 Å². The monoisotopic (exact) mass is 437 g/mol. The number of thioether (sulfide) groups is 1. The molecule has 0 bridgehead atoms. The second-order valence-corrected chi connectivity index (χ2v) is 7.62. The van der Waals surface area contributed by atoms with Crippen LogP contribution in [0.2, 0.25) is 10.0 Å². The molecule has 0 fully saturated rings. The van der Waals surface area contributed by atoms with Crippen molar-refractivity contribution in [3.8, 4) is 5.75 Å². The van der Waals surface area contributed by atoms with Gasteiger partial charge >= 0.3 is 0 Å². The van der Waals surface area contributed by atoms with Crippen molar-refractivity contribution in [2.24, 2.45) is 0 Å². The smallest absolute Gasteiger partial charge is 0.277 e. The van der Waals surface area contributed by atoms with Crippen LogP contribution in [0.4, 0.5) is 5.69 Å². The number of ether oxygens (including phenoxy) is 1. The molecule has 1 heterocycles. The summed E-state index contributed by atoms with van der Waals surface area (Å²) in [6.07, 6.45) is 0. The summed E-state index contributed by atoms with van der Waals surface area (Å²) in [6, 6.07) is 10.9. The minimum absolute atomic E-state index is 0.0855. The second-order valence-electron chi connectivity index (χ2n) is 5.91. The lowest BCUT2D eigenvalue weighted by Gasteiger charge is -2.09. The lowest BCUT2D eigenvalue weighted by atomic mass is 10.1. The third-order valence-corrected chi connectivity index (χ3v) is 5.39. The van der Waals surface area contributed by atoms with Crippen LogP contribution < -0.4 is 10.1 Å². The van der Waals surface area contributed by atoms with E-state index in [1.54, 1.807) is 18.2 Å². The van der Waals surface area contributed by atoms with Gasteiger partial charge in [-0.3, -0.25) is 4.79 Å². The summed E-state index contributed by atoms with van der Waals surface area (Å²) in [5.74, 6) is 0.958. The summed E-state index contributed by atoms with van der Waals surface area (Å²) in [4.78, 5) is 12.1. The number of aryl methyl sites for hydroxylation is 2. The van der Waals surface area contributed by atoms with Gasteiger partial charge in [-0.15, -0.1) is 10.2 Å². The zero-order chi connectivity index (χ0) is 20.1. The fourth-order valence-electron chi connectivity index (χ4n) is 2.43. The number of hydrogen-bond acceptors (Lipinski definition) is 6. The zero-order valence-corrected chi connectivity index (χ0v) is 17.5. The van der Waals surface area contributed by atoms with Crippen LogP contribution in [0.5, 0.6) is 5.75 Å². The highest BCUT2D eigenvalue weighted by molar-refractivity contribution is 7.99. The van der Waals surface area contributed by atoms with Crippen LogP contribution in [0.25, 0.3) is 0 Å². The first-order valence-corrected chi connectivity index (χ1v) is 10.1. The van der Waals surface area contributed by atoms with E-state index in [-0.39, 0.29) is 23.5 Å². The second kappa shape index (κ2) is 9.32. The van der Waals surface area contributed by atoms with Gasteiger partial charge in [0.25, 0.3) is 11.1 Å². The molecule has 9 heteroatoms. The maximum atomic E-state index is 12.1. The molecule has 0 saturated carbocycles. The molecule has 0 spiro atoms. The summed E-state index contributed by atoms with van der Waals surface area (Å²) < 4.78 is 11.3. The Morgan fingerprint density at radius 2 is 1.86 bits per heavy atom. The van der Waals surface area contributed by atoms with Crippen molar-refractivity contribution >= 4 is 46.6 Å². The zero-order valence-electron chi connectivity index (χ0n) is 15.2. The molecule has 0 saturated heterocycles. The van der Waals surface area contributed by atoms with Gasteiger partial charge < -0.3 is 14.5 Å². The number of amides is 1. The van der Waals surface area contributed by atoms with Crippen LogP contribution in [0, 0.1) is 13.8 Å². The van der Waals surface area contributed by atoms with Crippen LogP contribution in [0.15, 0.2) is 46.0 Å². The fourth-order valence-corrected chi connectivity index (χ4v) is 3.36. The summed E-state index contributed by atoms with van der Waals surface area (Å²) in [6.45, 7) is 4.11. The van der Waals surface area contributed by atoms with Crippen molar-refractivity contribution in [1.82, 2.24) is 10.2 Å². The Labute approximate surface area is 176 Å². The molecule has 0 aliphatic heterocycles. The minimum atomic E-state index is -0.263. The molecular weight excluding hydrogens is 421 g/mol. The predicted octanol–water partition coefficient (Wildman–Crippen LogP) is 5.30. The molecular formula is C19H17Cl2N3O3S. The molecule has 0 aliphatic carbocycles. The van der Waals surface area contributed by atoms with Crippen molar-refractivity contribution in [1.29, 1.82) is 0 Å². The van der Waals surface area contributed by atoms with E-state index in [1.165, 1.54) is 0 Å². The third kappa shape index (κ3) is 5.19. The van der Waals surface area contributed by atoms with Gasteiger partial charge in [-0.1, -0.05) is 59.2 Å². The van der Waals surface area contributed by atoms with Gasteiger partial charge in [0.05, 0.1) is 21.5 Å². The van der Waals surface area contributed by atoms with Crippen molar-refractivity contribution < 1.29 is 13.9 Å². The number of para-hydroxylation sites is 1. The summed E-state index contributed by atoms with van der Waals surface area (Å²) in [5.41, 5.74) is 2.52. The number of carbonyl (C=O) groups excluding carboxylic acids is 1. The van der Waals surface area contributed by atoms with Gasteiger partial charge in [-0.2, -0.15) is 0 Å². The minimum Gasteiger partial charge on any atom is -0.483 e. The summed E-state index contributed by atoms with van der Waals surface area (Å²) >= 11 is 13.1. The molecule has 3 rings (SSSR count). The van der Waals surface area contributed by atoms with Crippen LogP contribution in [-0.2, 0) is 11.4 Å². The van der Waals surface area contributed by atoms with Crippen LogP contribution in [0.3, 0.4) is 0 Å². The van der Waals surface area contributed by atoms with E-state index in [2.05, 4.69) is 15.5 Å². The third-order valence-electron chi connectivity index (χ3n) is 3.75. The first-order valence-electron chi connectivity index (χ1n) is 8.32. The maximum Gasteiger partial charge on any atom is 0.277 e. The summed E-state index contributed by atoms with van der Waals surface area (Å²) in [5, 5.41) is 11.5. The number of benzene rings is 2. The summed E-state index contributed by atoms with van der Waals surface area (Å²) in [7, 11) is 0. The number of nitrogens with one attached hydrogen (secondary N) is 1. The van der Waals surface area contributed by atoms with Gasteiger partial charge in [0.15, 0.2) is 6.61 Å². The fraction of sp³-hybridized carbons (Fsp3) is 0.211. The highest BCUT2D eigenvalue weighted by atomic mass is 35.5. The SMILES string of the molecule is Cc1cccc(C)c1OCc1nnc(SCC(=O)Nc2cccc(Cl)c2Cl)o1. The van der Waals surface area contributed by atoms with Gasteiger partial charge in [-0.25, -0.2) is 0 Å². The number of nitrogens with zero attached hydrogens (tertiary/aromatic N) is 2. The van der Waals surface area contributed by atoms with E-state index in [1.807, 2.05) is 32.0 Å². The van der Waals surface area contributed by atoms with Gasteiger partial charge in [-0.05, 0) is 37.1 Å². The van der Waals surface area contributed by atoms with E-state index in [4.69, 9.17) is 32.4 Å². The standard InChI is InChI=1S/C19H17Cl2N3O3S/c1-11-5-3-6-12(2)18(11)26-9-16-23-24-19(27-16)28-10-15(25)22-14-8-4-7-13(20)17(14)21/h3-8H,9-10H2,1-2H3,(H,22,25). The number of rotatable bonds is 7. The molecule has 1 N–H and O–H groups in total.